The second kappa shape index (κ2) is 12.3. The van der Waals surface area contributed by atoms with Gasteiger partial charge in [0.05, 0.1) is 6.04 Å². The minimum atomic E-state index is -2.73. The van der Waals surface area contributed by atoms with E-state index in [1.165, 1.54) is 18.2 Å². The Morgan fingerprint density at radius 3 is 2.13 bits per heavy atom. The van der Waals surface area contributed by atoms with Crippen molar-refractivity contribution in [1.82, 2.24) is 10.2 Å². The van der Waals surface area contributed by atoms with Gasteiger partial charge in [0, 0.05) is 20.8 Å². The summed E-state index contributed by atoms with van der Waals surface area (Å²) in [6.45, 7) is 11.2. The van der Waals surface area contributed by atoms with Crippen molar-refractivity contribution in [2.45, 2.75) is 110 Å². The minimum absolute atomic E-state index is 0. The first-order valence-electron chi connectivity index (χ1n) is 11.0. The number of halogens is 2. The Hall–Kier alpha value is -1.77. The number of ketones is 1. The molecule has 2 rings (SSSR count). The average Bonchev–Trinajstić information content (AvgIpc) is 3.08. The average molecular weight is 453 g/mol. The summed E-state index contributed by atoms with van der Waals surface area (Å²) >= 11 is 0. The van der Waals surface area contributed by atoms with Crippen LogP contribution in [0.25, 0.3) is 0 Å². The second-order valence-electron chi connectivity index (χ2n) is 9.32. The zero-order valence-electron chi connectivity index (χ0n) is 19.7. The van der Waals surface area contributed by atoms with Crippen molar-refractivity contribution in [2.24, 2.45) is 5.92 Å². The van der Waals surface area contributed by atoms with Crippen LogP contribution in [0.3, 0.4) is 0 Å². The molecule has 3 N–H and O–H groups in total. The predicted octanol–water partition coefficient (Wildman–Crippen LogP) is 4.12. The fraction of sp³-hybridized carbons (Fsp3) is 0.864. The summed E-state index contributed by atoms with van der Waals surface area (Å²) in [6.07, 6.45) is 1.44. The van der Waals surface area contributed by atoms with Gasteiger partial charge in [0.2, 0.25) is 11.8 Å². The predicted molar refractivity (Wildman–Crippen MR) is 117 cm³/mol. The number of alkyl carbamates (subject to hydrolysis) is 1. The van der Waals surface area contributed by atoms with Crippen molar-refractivity contribution >= 4 is 17.8 Å². The molecule has 1 aliphatic carbocycles. The van der Waals surface area contributed by atoms with Gasteiger partial charge in [0.25, 0.3) is 0 Å². The number of nitrogens with one attached hydrogen (secondary N) is 1. The van der Waals surface area contributed by atoms with E-state index in [0.29, 0.717) is 19.4 Å². The molecule has 1 saturated carbocycles. The molecule has 0 aromatic carbocycles. The summed E-state index contributed by atoms with van der Waals surface area (Å²) in [5.74, 6) is -3.62. The van der Waals surface area contributed by atoms with Crippen LogP contribution < -0.4 is 5.32 Å². The van der Waals surface area contributed by atoms with Crippen LogP contribution in [0, 0.1) is 5.92 Å². The SMILES string of the molecule is CC(=O)[C@@H]1CCCN1C(=O)[C@@H](NC(=O)OC(C)(C)C)C1CCC(F)(F)CC1.CCC.O.[HH]. The van der Waals surface area contributed by atoms with E-state index >= 15 is 0 Å². The van der Waals surface area contributed by atoms with Crippen LogP contribution in [0.15, 0.2) is 0 Å². The van der Waals surface area contributed by atoms with Crippen molar-refractivity contribution in [3.63, 3.8) is 0 Å². The molecule has 1 heterocycles. The fourth-order valence-electron chi connectivity index (χ4n) is 3.84. The number of carbonyl (C=O) groups is 3. The molecule has 0 radical (unpaired) electrons. The molecule has 184 valence electrons. The zero-order chi connectivity index (χ0) is 23.1. The topological polar surface area (TPSA) is 107 Å². The second-order valence-corrected chi connectivity index (χ2v) is 9.32. The molecule has 1 aliphatic heterocycles. The van der Waals surface area contributed by atoms with E-state index in [9.17, 15) is 23.2 Å². The highest BCUT2D eigenvalue weighted by molar-refractivity contribution is 5.92. The van der Waals surface area contributed by atoms with Gasteiger partial charge in [-0.1, -0.05) is 20.3 Å². The summed E-state index contributed by atoms with van der Waals surface area (Å²) in [6, 6.07) is -1.47. The van der Waals surface area contributed by atoms with Crippen molar-refractivity contribution in [3.05, 3.63) is 0 Å². The van der Waals surface area contributed by atoms with E-state index in [4.69, 9.17) is 4.74 Å². The number of carbonyl (C=O) groups excluding carboxylic acids is 3. The minimum Gasteiger partial charge on any atom is -0.444 e. The van der Waals surface area contributed by atoms with E-state index < -0.39 is 35.6 Å². The molecule has 7 nitrogen and oxygen atoms in total. The maximum Gasteiger partial charge on any atom is 0.408 e. The third-order valence-corrected chi connectivity index (χ3v) is 5.18. The van der Waals surface area contributed by atoms with E-state index in [1.807, 2.05) is 0 Å². The largest absolute Gasteiger partial charge is 0.444 e. The van der Waals surface area contributed by atoms with Gasteiger partial charge in [-0.2, -0.15) is 0 Å². The lowest BCUT2D eigenvalue weighted by Gasteiger charge is -2.36. The number of alkyl halides is 2. The number of likely N-dealkylation sites (tertiary alicyclic amines) is 1. The highest BCUT2D eigenvalue weighted by Gasteiger charge is 2.44. The number of amides is 2. The van der Waals surface area contributed by atoms with Gasteiger partial charge in [-0.3, -0.25) is 9.59 Å². The maximum atomic E-state index is 13.5. The molecule has 0 unspecified atom stereocenters. The monoisotopic (exact) mass is 452 g/mol. The van der Waals surface area contributed by atoms with Crippen molar-refractivity contribution in [3.8, 4) is 0 Å². The van der Waals surface area contributed by atoms with Crippen molar-refractivity contribution < 1.29 is 34.8 Å². The van der Waals surface area contributed by atoms with Crippen LogP contribution in [0.2, 0.25) is 0 Å². The first-order chi connectivity index (χ1) is 13.8. The molecular weight excluding hydrogens is 410 g/mol. The van der Waals surface area contributed by atoms with E-state index in [0.717, 1.165) is 0 Å². The number of ether oxygens (including phenoxy) is 1. The van der Waals surface area contributed by atoms with Gasteiger partial charge in [-0.05, 0) is 59.3 Å². The van der Waals surface area contributed by atoms with Gasteiger partial charge in [0.15, 0.2) is 5.78 Å². The van der Waals surface area contributed by atoms with Crippen LogP contribution in [0.1, 0.15) is 87.9 Å². The molecule has 2 amide bonds. The highest BCUT2D eigenvalue weighted by atomic mass is 19.3. The molecule has 0 spiro atoms. The van der Waals surface area contributed by atoms with Crippen LogP contribution in [0.5, 0.6) is 0 Å². The quantitative estimate of drug-likeness (QED) is 0.692. The summed E-state index contributed by atoms with van der Waals surface area (Å²) in [7, 11) is 0. The van der Waals surface area contributed by atoms with Crippen molar-refractivity contribution in [1.29, 1.82) is 0 Å². The van der Waals surface area contributed by atoms with Gasteiger partial charge in [0.1, 0.15) is 11.6 Å². The molecule has 2 atom stereocenters. The Bertz CT molecular complexity index is 604. The summed E-state index contributed by atoms with van der Waals surface area (Å²) in [4.78, 5) is 38.7. The van der Waals surface area contributed by atoms with Gasteiger partial charge in [-0.15, -0.1) is 0 Å². The Morgan fingerprint density at radius 2 is 1.68 bits per heavy atom. The molecule has 2 fully saturated rings. The fourth-order valence-corrected chi connectivity index (χ4v) is 3.84. The van der Waals surface area contributed by atoms with Crippen molar-refractivity contribution in [2.75, 3.05) is 6.54 Å². The van der Waals surface area contributed by atoms with E-state index in [1.54, 1.807) is 20.8 Å². The maximum absolute atomic E-state index is 13.5. The molecule has 1 saturated heterocycles. The van der Waals surface area contributed by atoms with Crippen LogP contribution in [0.4, 0.5) is 13.6 Å². The first-order valence-corrected chi connectivity index (χ1v) is 11.0. The Kier molecular flexibility index (Phi) is 11.6. The Labute approximate surface area is 186 Å². The molecule has 9 heteroatoms. The first kappa shape index (κ1) is 29.2. The van der Waals surface area contributed by atoms with Crippen LogP contribution >= 0.6 is 0 Å². The molecule has 0 bridgehead atoms. The lowest BCUT2D eigenvalue weighted by Crippen LogP contribution is -2.55. The highest BCUT2D eigenvalue weighted by Crippen LogP contribution is 2.38. The summed E-state index contributed by atoms with van der Waals surface area (Å²) < 4.78 is 32.3. The lowest BCUT2D eigenvalue weighted by atomic mass is 9.81. The summed E-state index contributed by atoms with van der Waals surface area (Å²) in [5.41, 5.74) is -0.743. The van der Waals surface area contributed by atoms with Gasteiger partial charge in [-0.25, -0.2) is 13.6 Å². The molecule has 0 aromatic heterocycles. The number of Topliss-reactive ketones (excluding diaryl/α,β-unsaturated/α-hetero) is 1. The standard InChI is InChI=1S/C19H30F2N2O4.C3H8.H2O.H2/c1-12(24)14-6-5-11-23(14)16(25)15(22-17(26)27-18(2,3)4)13-7-9-19(20,21)10-8-13;1-3-2;;/h13-15H,5-11H2,1-4H3,(H,22,26);3H2,1-2H3;1H2;1H/t14-,15-;;;/m0.../s1. The summed E-state index contributed by atoms with van der Waals surface area (Å²) in [5, 5.41) is 2.60. The number of hydrogen-bond acceptors (Lipinski definition) is 4. The molecule has 2 aliphatic rings. The van der Waals surface area contributed by atoms with E-state index in [2.05, 4.69) is 19.2 Å². The zero-order valence-corrected chi connectivity index (χ0v) is 19.7. The number of hydrogen-bond donors (Lipinski definition) is 1. The third-order valence-electron chi connectivity index (χ3n) is 5.18. The number of rotatable bonds is 4. The normalized spacial score (nSPS) is 21.8. The van der Waals surface area contributed by atoms with Gasteiger partial charge < -0.3 is 20.4 Å². The molecule has 31 heavy (non-hydrogen) atoms. The van der Waals surface area contributed by atoms with Gasteiger partial charge >= 0.3 is 6.09 Å². The number of nitrogens with zero attached hydrogens (tertiary/aromatic N) is 1. The van der Waals surface area contributed by atoms with E-state index in [-0.39, 0.29) is 44.3 Å². The lowest BCUT2D eigenvalue weighted by molar-refractivity contribution is -0.141. The van der Waals surface area contributed by atoms with Crippen LogP contribution in [-0.4, -0.2) is 58.3 Å². The van der Waals surface area contributed by atoms with Crippen LogP contribution in [-0.2, 0) is 14.3 Å². The Morgan fingerprint density at radius 1 is 1.16 bits per heavy atom. The molecule has 0 aromatic rings. The Balaban J connectivity index is 0. The third kappa shape index (κ3) is 9.49. The molecular formula is C22H42F2N2O5. The smallest absolute Gasteiger partial charge is 0.408 e.